The molecule has 2 aliphatic heterocycles. The van der Waals surface area contributed by atoms with Crippen molar-refractivity contribution in [3.8, 4) is 0 Å². The number of ether oxygens (including phenoxy) is 1. The van der Waals surface area contributed by atoms with E-state index in [0.29, 0.717) is 5.92 Å². The molecule has 1 N–H and O–H groups in total. The number of thiophene rings is 1. The molecule has 5 heteroatoms. The fourth-order valence-electron chi connectivity index (χ4n) is 5.31. The van der Waals surface area contributed by atoms with Crippen LogP contribution in [0.3, 0.4) is 0 Å². The Morgan fingerprint density at radius 1 is 1.27 bits per heavy atom. The van der Waals surface area contributed by atoms with Crippen molar-refractivity contribution in [1.29, 1.82) is 0 Å². The van der Waals surface area contributed by atoms with Gasteiger partial charge in [-0.3, -0.25) is 9.69 Å². The predicted molar refractivity (Wildman–Crippen MR) is 106 cm³/mol. The van der Waals surface area contributed by atoms with Gasteiger partial charge in [0, 0.05) is 48.5 Å². The molecule has 26 heavy (non-hydrogen) atoms. The summed E-state index contributed by atoms with van der Waals surface area (Å²) in [5.41, 5.74) is 2.24. The molecular formula is C21H32N2O2S. The molecule has 1 aliphatic carbocycles. The number of rotatable bonds is 5. The van der Waals surface area contributed by atoms with Crippen LogP contribution in [0.1, 0.15) is 64.2 Å². The van der Waals surface area contributed by atoms with Crippen LogP contribution in [-0.4, -0.2) is 50.2 Å². The van der Waals surface area contributed by atoms with Gasteiger partial charge >= 0.3 is 0 Å². The third kappa shape index (κ3) is 3.34. The Bertz CT molecular complexity index is 657. The van der Waals surface area contributed by atoms with E-state index in [1.807, 2.05) is 18.4 Å². The van der Waals surface area contributed by atoms with Crippen LogP contribution in [0.5, 0.6) is 0 Å². The van der Waals surface area contributed by atoms with Crippen LogP contribution in [0, 0.1) is 18.8 Å². The second-order valence-electron chi connectivity index (χ2n) is 8.53. The Morgan fingerprint density at radius 2 is 2.00 bits per heavy atom. The molecule has 2 fully saturated rings. The van der Waals surface area contributed by atoms with Crippen LogP contribution in [0.2, 0.25) is 0 Å². The summed E-state index contributed by atoms with van der Waals surface area (Å²) in [6.45, 7) is 8.72. The number of amides is 1. The van der Waals surface area contributed by atoms with Crippen molar-refractivity contribution in [3.05, 3.63) is 20.9 Å². The van der Waals surface area contributed by atoms with Gasteiger partial charge in [-0.1, -0.05) is 6.92 Å². The second kappa shape index (κ2) is 7.61. The van der Waals surface area contributed by atoms with Gasteiger partial charge in [-0.25, -0.2) is 0 Å². The monoisotopic (exact) mass is 376 g/mol. The minimum Gasteiger partial charge on any atom is -0.384 e. The van der Waals surface area contributed by atoms with E-state index in [4.69, 9.17) is 4.74 Å². The van der Waals surface area contributed by atoms with Gasteiger partial charge in [0.2, 0.25) is 0 Å². The molecule has 0 spiro atoms. The van der Waals surface area contributed by atoms with E-state index in [1.165, 1.54) is 54.1 Å². The second-order valence-corrected chi connectivity index (χ2v) is 9.66. The van der Waals surface area contributed by atoms with E-state index in [1.54, 1.807) is 0 Å². The summed E-state index contributed by atoms with van der Waals surface area (Å²) in [6.07, 6.45) is 6.32. The molecule has 1 aromatic rings. The largest absolute Gasteiger partial charge is 0.384 e. The summed E-state index contributed by atoms with van der Waals surface area (Å²) in [5.74, 6) is 2.24. The topological polar surface area (TPSA) is 41.6 Å². The van der Waals surface area contributed by atoms with Gasteiger partial charge in [0.25, 0.3) is 5.91 Å². The highest BCUT2D eigenvalue weighted by atomic mass is 32.1. The SMILES string of the molecule is COCC1CN([C@H]2CC[C@H]([C@@H](C)c3sc4c(c3C)C(=O)NCC4)CC2)C1. The normalized spacial score (nSPS) is 28.3. The lowest BCUT2D eigenvalue weighted by atomic mass is 9.76. The van der Waals surface area contributed by atoms with Crippen molar-refractivity contribution >= 4 is 17.2 Å². The molecule has 1 saturated carbocycles. The number of nitrogens with one attached hydrogen (secondary N) is 1. The molecule has 0 radical (unpaired) electrons. The lowest BCUT2D eigenvalue weighted by molar-refractivity contribution is -0.00954. The van der Waals surface area contributed by atoms with Gasteiger partial charge in [-0.15, -0.1) is 11.3 Å². The minimum atomic E-state index is 0.144. The average Bonchev–Trinajstić information content (AvgIpc) is 2.95. The number of carbonyl (C=O) groups excluding carboxylic acids is 1. The zero-order chi connectivity index (χ0) is 18.3. The molecule has 3 heterocycles. The number of hydrogen-bond donors (Lipinski definition) is 1. The highest BCUT2D eigenvalue weighted by Crippen LogP contribution is 2.43. The minimum absolute atomic E-state index is 0.144. The van der Waals surface area contributed by atoms with Crippen LogP contribution in [0.15, 0.2) is 0 Å². The van der Waals surface area contributed by atoms with Crippen molar-refractivity contribution < 1.29 is 9.53 Å². The maximum absolute atomic E-state index is 12.2. The van der Waals surface area contributed by atoms with Crippen LogP contribution in [0.4, 0.5) is 0 Å². The Kier molecular flexibility index (Phi) is 5.40. The molecule has 144 valence electrons. The number of nitrogens with zero attached hydrogens (tertiary/aromatic N) is 1. The number of hydrogen-bond acceptors (Lipinski definition) is 4. The predicted octanol–water partition coefficient (Wildman–Crippen LogP) is 3.58. The number of fused-ring (bicyclic) bond motifs is 1. The van der Waals surface area contributed by atoms with E-state index in [2.05, 4.69) is 24.1 Å². The maximum atomic E-state index is 12.2. The molecule has 1 saturated heterocycles. The molecule has 4 nitrogen and oxygen atoms in total. The number of carbonyl (C=O) groups is 1. The fraction of sp³-hybridized carbons (Fsp3) is 0.762. The van der Waals surface area contributed by atoms with Gasteiger partial charge < -0.3 is 10.1 Å². The molecular weight excluding hydrogens is 344 g/mol. The number of methoxy groups -OCH3 is 1. The quantitative estimate of drug-likeness (QED) is 0.854. The Balaban J connectivity index is 1.36. The molecule has 0 unspecified atom stereocenters. The Hall–Kier alpha value is -0.910. The van der Waals surface area contributed by atoms with E-state index in [-0.39, 0.29) is 5.91 Å². The highest BCUT2D eigenvalue weighted by Gasteiger charge is 2.36. The highest BCUT2D eigenvalue weighted by molar-refractivity contribution is 7.12. The first-order valence-electron chi connectivity index (χ1n) is 10.2. The van der Waals surface area contributed by atoms with Gasteiger partial charge in [0.15, 0.2) is 0 Å². The molecule has 0 bridgehead atoms. The smallest absolute Gasteiger partial charge is 0.252 e. The van der Waals surface area contributed by atoms with Gasteiger partial charge in [-0.2, -0.15) is 0 Å². The van der Waals surface area contributed by atoms with Gasteiger partial charge in [0.05, 0.1) is 12.2 Å². The summed E-state index contributed by atoms with van der Waals surface area (Å²) in [7, 11) is 1.81. The standard InChI is InChI=1S/C21H32N2O2S/c1-13(20-14(2)19-18(26-20)8-9-22-21(19)24)16-4-6-17(7-5-16)23-10-15(11-23)12-25-3/h13,15-17H,4-12H2,1-3H3,(H,22,24)/t13-,16-,17-/m1/s1. The van der Waals surface area contributed by atoms with Gasteiger partial charge in [-0.05, 0) is 56.4 Å². The molecule has 1 atom stereocenters. The summed E-state index contributed by atoms with van der Waals surface area (Å²) >= 11 is 1.91. The molecule has 0 aromatic carbocycles. The molecule has 1 aromatic heterocycles. The number of likely N-dealkylation sites (tertiary alicyclic amines) is 1. The van der Waals surface area contributed by atoms with Crippen LogP contribution in [-0.2, 0) is 11.2 Å². The third-order valence-electron chi connectivity index (χ3n) is 6.89. The first kappa shape index (κ1) is 18.5. The molecule has 4 rings (SSSR count). The lowest BCUT2D eigenvalue weighted by Gasteiger charge is -2.47. The van der Waals surface area contributed by atoms with Crippen molar-refractivity contribution in [2.45, 2.75) is 57.9 Å². The van der Waals surface area contributed by atoms with Crippen LogP contribution < -0.4 is 5.32 Å². The molecule has 1 amide bonds. The van der Waals surface area contributed by atoms with Crippen LogP contribution in [0.25, 0.3) is 0 Å². The zero-order valence-electron chi connectivity index (χ0n) is 16.3. The van der Waals surface area contributed by atoms with Crippen LogP contribution >= 0.6 is 11.3 Å². The Labute approximate surface area is 161 Å². The summed E-state index contributed by atoms with van der Waals surface area (Å²) < 4.78 is 5.28. The van der Waals surface area contributed by atoms with E-state index < -0.39 is 0 Å². The lowest BCUT2D eigenvalue weighted by Crippen LogP contribution is -2.54. The maximum Gasteiger partial charge on any atom is 0.252 e. The van der Waals surface area contributed by atoms with Crippen molar-refractivity contribution in [2.24, 2.45) is 11.8 Å². The Morgan fingerprint density at radius 3 is 2.65 bits per heavy atom. The van der Waals surface area contributed by atoms with Crippen molar-refractivity contribution in [1.82, 2.24) is 10.2 Å². The third-order valence-corrected chi connectivity index (χ3v) is 8.44. The average molecular weight is 377 g/mol. The van der Waals surface area contributed by atoms with E-state index in [9.17, 15) is 4.79 Å². The van der Waals surface area contributed by atoms with Crippen molar-refractivity contribution in [2.75, 3.05) is 33.4 Å². The van der Waals surface area contributed by atoms with E-state index >= 15 is 0 Å². The van der Waals surface area contributed by atoms with E-state index in [0.717, 1.165) is 43.0 Å². The fourth-order valence-corrected chi connectivity index (χ4v) is 6.76. The zero-order valence-corrected chi connectivity index (χ0v) is 17.2. The summed E-state index contributed by atoms with van der Waals surface area (Å²) in [5, 5.41) is 3.01. The first-order valence-corrected chi connectivity index (χ1v) is 11.0. The summed E-state index contributed by atoms with van der Waals surface area (Å²) in [6, 6.07) is 0.787. The first-order chi connectivity index (χ1) is 12.6. The molecule has 3 aliphatic rings. The van der Waals surface area contributed by atoms with Gasteiger partial charge in [0.1, 0.15) is 0 Å². The van der Waals surface area contributed by atoms with Crippen molar-refractivity contribution in [3.63, 3.8) is 0 Å². The summed E-state index contributed by atoms with van der Waals surface area (Å²) in [4.78, 5) is 17.7.